The minimum absolute atomic E-state index is 0.312. The van der Waals surface area contributed by atoms with Crippen molar-refractivity contribution in [1.82, 2.24) is 4.98 Å². The van der Waals surface area contributed by atoms with Crippen LogP contribution in [0.1, 0.15) is 40.2 Å². The molecule has 0 saturated heterocycles. The molecule has 30 heavy (non-hydrogen) atoms. The summed E-state index contributed by atoms with van der Waals surface area (Å²) in [5, 5.41) is 0. The van der Waals surface area contributed by atoms with Gasteiger partial charge in [-0.1, -0.05) is 24.3 Å². The number of esters is 1. The van der Waals surface area contributed by atoms with Gasteiger partial charge in [-0.3, -0.25) is 4.98 Å². The summed E-state index contributed by atoms with van der Waals surface area (Å²) in [4.78, 5) is 18.4. The molecule has 3 aromatic rings. The van der Waals surface area contributed by atoms with Gasteiger partial charge in [0.2, 0.25) is 0 Å². The first-order valence-electron chi connectivity index (χ1n) is 10.2. The van der Waals surface area contributed by atoms with Gasteiger partial charge in [0.15, 0.2) is 0 Å². The standard InChI is InChI=1S/C25H26N2O3/c1-27(20-6-4-3-5-7-20)21-10-11-22-18(13-15-30-24(22)16-21)8-9-19-17-26-14-12-23(19)25(28)29-2/h3-7,10-12,14,16-18H,8-9,13,15H2,1-2H3/t18-/m1/s1. The summed E-state index contributed by atoms with van der Waals surface area (Å²) in [6, 6.07) is 18.5. The van der Waals surface area contributed by atoms with Crippen LogP contribution in [0, 0.1) is 0 Å². The number of fused-ring (bicyclic) bond motifs is 1. The lowest BCUT2D eigenvalue weighted by molar-refractivity contribution is 0.0599. The third kappa shape index (κ3) is 4.15. The van der Waals surface area contributed by atoms with E-state index >= 15 is 0 Å². The van der Waals surface area contributed by atoms with Crippen molar-refractivity contribution in [1.29, 1.82) is 0 Å². The lowest BCUT2D eigenvalue weighted by Crippen LogP contribution is -2.17. The summed E-state index contributed by atoms with van der Waals surface area (Å²) >= 11 is 0. The number of ether oxygens (including phenoxy) is 2. The van der Waals surface area contributed by atoms with Crippen molar-refractivity contribution in [3.63, 3.8) is 0 Å². The van der Waals surface area contributed by atoms with E-state index in [-0.39, 0.29) is 5.97 Å². The van der Waals surface area contributed by atoms with E-state index in [0.717, 1.165) is 42.0 Å². The van der Waals surface area contributed by atoms with Crippen molar-refractivity contribution < 1.29 is 14.3 Å². The van der Waals surface area contributed by atoms with Crippen molar-refractivity contribution in [2.24, 2.45) is 0 Å². The minimum Gasteiger partial charge on any atom is -0.493 e. The van der Waals surface area contributed by atoms with E-state index in [9.17, 15) is 4.79 Å². The van der Waals surface area contributed by atoms with Crippen LogP contribution in [0.25, 0.3) is 0 Å². The van der Waals surface area contributed by atoms with Crippen LogP contribution in [0.3, 0.4) is 0 Å². The molecule has 2 aromatic carbocycles. The first kappa shape index (κ1) is 20.0. The maximum atomic E-state index is 12.0. The number of rotatable bonds is 6. The Morgan fingerprint density at radius 3 is 2.80 bits per heavy atom. The summed E-state index contributed by atoms with van der Waals surface area (Å²) in [7, 11) is 3.47. The SMILES string of the molecule is COC(=O)c1ccncc1CC[C@@H]1CCOc2cc(N(C)c3ccccc3)ccc21. The Morgan fingerprint density at radius 2 is 2.00 bits per heavy atom. The maximum absolute atomic E-state index is 12.0. The number of nitrogens with zero attached hydrogens (tertiary/aromatic N) is 2. The molecule has 4 rings (SSSR count). The number of para-hydroxylation sites is 1. The predicted molar refractivity (Wildman–Crippen MR) is 118 cm³/mol. The number of aryl methyl sites for hydroxylation is 1. The van der Waals surface area contributed by atoms with Gasteiger partial charge in [0.25, 0.3) is 0 Å². The molecule has 0 fully saturated rings. The Balaban J connectivity index is 1.52. The minimum atomic E-state index is -0.312. The molecule has 0 spiro atoms. The average molecular weight is 402 g/mol. The van der Waals surface area contributed by atoms with Gasteiger partial charge >= 0.3 is 5.97 Å². The third-order valence-corrected chi connectivity index (χ3v) is 5.76. The largest absolute Gasteiger partial charge is 0.493 e. The van der Waals surface area contributed by atoms with Crippen LogP contribution in [0.2, 0.25) is 0 Å². The van der Waals surface area contributed by atoms with E-state index < -0.39 is 0 Å². The fraction of sp³-hybridized carbons (Fsp3) is 0.280. The first-order chi connectivity index (χ1) is 14.7. The smallest absolute Gasteiger partial charge is 0.338 e. The predicted octanol–water partition coefficient (Wildman–Crippen LogP) is 5.14. The topological polar surface area (TPSA) is 51.7 Å². The zero-order valence-electron chi connectivity index (χ0n) is 17.4. The molecule has 0 unspecified atom stereocenters. The Labute approximate surface area is 177 Å². The van der Waals surface area contributed by atoms with Gasteiger partial charge in [-0.15, -0.1) is 0 Å². The van der Waals surface area contributed by atoms with Crippen LogP contribution >= 0.6 is 0 Å². The molecule has 1 aliphatic rings. The normalized spacial score (nSPS) is 15.1. The van der Waals surface area contributed by atoms with Crippen LogP contribution in [0.15, 0.2) is 67.0 Å². The summed E-state index contributed by atoms with van der Waals surface area (Å²) < 4.78 is 10.9. The molecule has 1 aliphatic heterocycles. The molecular formula is C25H26N2O3. The molecule has 1 aromatic heterocycles. The second-order valence-corrected chi connectivity index (χ2v) is 7.51. The first-order valence-corrected chi connectivity index (χ1v) is 10.2. The van der Waals surface area contributed by atoms with E-state index in [4.69, 9.17) is 9.47 Å². The number of anilines is 2. The molecule has 0 N–H and O–H groups in total. The van der Waals surface area contributed by atoms with E-state index in [1.165, 1.54) is 12.7 Å². The fourth-order valence-electron chi connectivity index (χ4n) is 4.03. The molecule has 0 aliphatic carbocycles. The molecule has 154 valence electrons. The lowest BCUT2D eigenvalue weighted by atomic mass is 9.87. The quantitative estimate of drug-likeness (QED) is 0.535. The Hall–Kier alpha value is -3.34. The van der Waals surface area contributed by atoms with Crippen molar-refractivity contribution in [3.8, 4) is 5.75 Å². The molecule has 1 atom stereocenters. The molecule has 0 radical (unpaired) electrons. The van der Waals surface area contributed by atoms with Gasteiger partial charge in [0, 0.05) is 36.9 Å². The van der Waals surface area contributed by atoms with Crippen molar-refractivity contribution in [2.75, 3.05) is 25.7 Å². The summed E-state index contributed by atoms with van der Waals surface area (Å²) in [5.41, 5.74) is 4.99. The van der Waals surface area contributed by atoms with Gasteiger partial charge in [-0.05, 0) is 60.6 Å². The molecular weight excluding hydrogens is 376 g/mol. The van der Waals surface area contributed by atoms with Crippen LogP contribution in [0.5, 0.6) is 5.75 Å². The summed E-state index contributed by atoms with van der Waals surface area (Å²) in [6.07, 6.45) is 6.07. The number of methoxy groups -OCH3 is 1. The van der Waals surface area contributed by atoms with Gasteiger partial charge in [-0.2, -0.15) is 0 Å². The number of hydrogen-bond acceptors (Lipinski definition) is 5. The zero-order valence-corrected chi connectivity index (χ0v) is 17.4. The molecule has 0 bridgehead atoms. The number of carbonyl (C=O) groups is 1. The van der Waals surface area contributed by atoms with E-state index in [1.807, 2.05) is 18.2 Å². The third-order valence-electron chi connectivity index (χ3n) is 5.76. The van der Waals surface area contributed by atoms with Crippen molar-refractivity contribution in [3.05, 3.63) is 83.7 Å². The second kappa shape index (κ2) is 8.99. The Bertz CT molecular complexity index is 1020. The monoisotopic (exact) mass is 402 g/mol. The summed E-state index contributed by atoms with van der Waals surface area (Å²) in [6.45, 7) is 0.701. The number of benzene rings is 2. The van der Waals surface area contributed by atoms with Gasteiger partial charge < -0.3 is 14.4 Å². The average Bonchev–Trinajstić information content (AvgIpc) is 2.82. The van der Waals surface area contributed by atoms with E-state index in [0.29, 0.717) is 18.1 Å². The Kier molecular flexibility index (Phi) is 5.98. The molecule has 0 amide bonds. The highest BCUT2D eigenvalue weighted by molar-refractivity contribution is 5.90. The highest BCUT2D eigenvalue weighted by atomic mass is 16.5. The second-order valence-electron chi connectivity index (χ2n) is 7.51. The lowest BCUT2D eigenvalue weighted by Gasteiger charge is -2.28. The zero-order chi connectivity index (χ0) is 20.9. The van der Waals surface area contributed by atoms with Gasteiger partial charge in [-0.25, -0.2) is 4.79 Å². The number of hydrogen-bond donors (Lipinski definition) is 0. The van der Waals surface area contributed by atoms with Crippen LogP contribution in [-0.4, -0.2) is 31.7 Å². The van der Waals surface area contributed by atoms with Crippen molar-refractivity contribution >= 4 is 17.3 Å². The van der Waals surface area contributed by atoms with Gasteiger partial charge in [0.1, 0.15) is 5.75 Å². The van der Waals surface area contributed by atoms with Crippen LogP contribution < -0.4 is 9.64 Å². The maximum Gasteiger partial charge on any atom is 0.338 e. The van der Waals surface area contributed by atoms with Crippen molar-refractivity contribution in [2.45, 2.75) is 25.2 Å². The Morgan fingerprint density at radius 1 is 1.17 bits per heavy atom. The molecule has 5 nitrogen and oxygen atoms in total. The fourth-order valence-corrected chi connectivity index (χ4v) is 4.03. The van der Waals surface area contributed by atoms with E-state index in [2.05, 4.69) is 47.3 Å². The number of aromatic nitrogens is 1. The molecule has 2 heterocycles. The van der Waals surface area contributed by atoms with Gasteiger partial charge in [0.05, 0.1) is 19.3 Å². The number of carbonyl (C=O) groups excluding carboxylic acids is 1. The van der Waals surface area contributed by atoms with E-state index in [1.54, 1.807) is 18.5 Å². The molecule has 0 saturated carbocycles. The summed E-state index contributed by atoms with van der Waals surface area (Å²) in [5.74, 6) is 1.02. The van der Waals surface area contributed by atoms with Crippen LogP contribution in [0.4, 0.5) is 11.4 Å². The van der Waals surface area contributed by atoms with Crippen LogP contribution in [-0.2, 0) is 11.2 Å². The highest BCUT2D eigenvalue weighted by Crippen LogP contribution is 2.39. The molecule has 5 heteroatoms. The highest BCUT2D eigenvalue weighted by Gasteiger charge is 2.23. The number of pyridine rings is 1.